The second-order valence-corrected chi connectivity index (χ2v) is 6.32. The third-order valence-electron chi connectivity index (χ3n) is 3.99. The van der Waals surface area contributed by atoms with Crippen LogP contribution in [0.15, 0.2) is 60.7 Å². The largest absolute Gasteiger partial charge is 0.493 e. The lowest BCUT2D eigenvalue weighted by atomic mass is 10.2. The highest BCUT2D eigenvalue weighted by molar-refractivity contribution is 5.94. The molecule has 3 aromatic rings. The predicted molar refractivity (Wildman–Crippen MR) is 106 cm³/mol. The maximum Gasteiger partial charge on any atom is 0.251 e. The first-order valence-electron chi connectivity index (χ1n) is 9.00. The van der Waals surface area contributed by atoms with Crippen LogP contribution in [0.5, 0.6) is 5.75 Å². The van der Waals surface area contributed by atoms with E-state index in [-0.39, 0.29) is 5.91 Å². The van der Waals surface area contributed by atoms with Crippen LogP contribution in [0.3, 0.4) is 0 Å². The smallest absolute Gasteiger partial charge is 0.251 e. The number of carbonyl (C=O) groups excluding carboxylic acids is 1. The molecule has 1 N–H and O–H groups in total. The number of hydrogen-bond acceptors (Lipinski definition) is 4. The summed E-state index contributed by atoms with van der Waals surface area (Å²) in [5, 5.41) is 2.90. The Morgan fingerprint density at radius 2 is 1.70 bits per heavy atom. The fourth-order valence-corrected chi connectivity index (χ4v) is 2.69. The summed E-state index contributed by atoms with van der Waals surface area (Å²) in [4.78, 5) is 21.0. The van der Waals surface area contributed by atoms with Crippen molar-refractivity contribution >= 4 is 5.91 Å². The van der Waals surface area contributed by atoms with Gasteiger partial charge in [0.1, 0.15) is 5.75 Å². The molecule has 0 fully saturated rings. The lowest BCUT2D eigenvalue weighted by Crippen LogP contribution is -2.25. The van der Waals surface area contributed by atoms with E-state index in [2.05, 4.69) is 15.3 Å². The lowest BCUT2D eigenvalue weighted by Gasteiger charge is -2.10. The molecule has 1 aromatic carbocycles. The molecule has 2 heterocycles. The summed E-state index contributed by atoms with van der Waals surface area (Å²) in [7, 11) is 0. The van der Waals surface area contributed by atoms with Crippen LogP contribution in [-0.4, -0.2) is 29.0 Å². The number of nitrogens with zero attached hydrogens (tertiary/aromatic N) is 2. The first kappa shape index (κ1) is 18.6. The van der Waals surface area contributed by atoms with Gasteiger partial charge in [-0.25, -0.2) is 0 Å². The van der Waals surface area contributed by atoms with Crippen molar-refractivity contribution in [3.05, 3.63) is 77.6 Å². The van der Waals surface area contributed by atoms with E-state index in [4.69, 9.17) is 4.74 Å². The van der Waals surface area contributed by atoms with Crippen LogP contribution in [0.25, 0.3) is 11.4 Å². The molecule has 0 unspecified atom stereocenters. The minimum atomic E-state index is -0.0665. The average molecular weight is 361 g/mol. The molecule has 1 amide bonds. The summed E-state index contributed by atoms with van der Waals surface area (Å²) in [6.45, 7) is 4.97. The quantitative estimate of drug-likeness (QED) is 0.647. The number of rotatable bonds is 7. The summed E-state index contributed by atoms with van der Waals surface area (Å²) in [5.41, 5.74) is 4.12. The van der Waals surface area contributed by atoms with Crippen LogP contribution in [0.2, 0.25) is 0 Å². The fourth-order valence-electron chi connectivity index (χ4n) is 2.69. The maximum atomic E-state index is 12.0. The summed E-state index contributed by atoms with van der Waals surface area (Å²) >= 11 is 0. The molecule has 2 aromatic heterocycles. The van der Waals surface area contributed by atoms with Crippen molar-refractivity contribution in [3.63, 3.8) is 0 Å². The number of benzene rings is 1. The van der Waals surface area contributed by atoms with E-state index in [0.717, 1.165) is 34.9 Å². The second-order valence-electron chi connectivity index (χ2n) is 6.32. The Kier molecular flexibility index (Phi) is 6.15. The SMILES string of the molecule is Cc1cccc(-c2cc(OCCCNC(=O)c3ccccc3)cc(C)n2)n1. The van der Waals surface area contributed by atoms with Gasteiger partial charge in [0.05, 0.1) is 18.0 Å². The van der Waals surface area contributed by atoms with Gasteiger partial charge >= 0.3 is 0 Å². The Balaban J connectivity index is 1.52. The standard InChI is InChI=1S/C22H23N3O2/c1-16-8-6-11-20(24-16)21-15-19(14-17(2)25-21)27-13-7-12-23-22(26)18-9-4-3-5-10-18/h3-6,8-11,14-15H,7,12-13H2,1-2H3,(H,23,26). The van der Waals surface area contributed by atoms with Crippen molar-refractivity contribution < 1.29 is 9.53 Å². The fraction of sp³-hybridized carbons (Fsp3) is 0.227. The Morgan fingerprint density at radius 1 is 0.926 bits per heavy atom. The molecular weight excluding hydrogens is 338 g/mol. The zero-order valence-electron chi connectivity index (χ0n) is 15.6. The Hall–Kier alpha value is -3.21. The molecule has 0 atom stereocenters. The number of hydrogen-bond donors (Lipinski definition) is 1. The van der Waals surface area contributed by atoms with Gasteiger partial charge in [0, 0.05) is 35.6 Å². The number of aromatic nitrogens is 2. The normalized spacial score (nSPS) is 10.4. The van der Waals surface area contributed by atoms with Crippen molar-refractivity contribution in [2.75, 3.05) is 13.2 Å². The van der Waals surface area contributed by atoms with Gasteiger partial charge in [-0.15, -0.1) is 0 Å². The number of carbonyl (C=O) groups is 1. The van der Waals surface area contributed by atoms with Crippen molar-refractivity contribution in [2.24, 2.45) is 0 Å². The van der Waals surface area contributed by atoms with Gasteiger partial charge in [0.25, 0.3) is 5.91 Å². The van der Waals surface area contributed by atoms with Gasteiger partial charge in [0.2, 0.25) is 0 Å². The van der Waals surface area contributed by atoms with Crippen LogP contribution < -0.4 is 10.1 Å². The van der Waals surface area contributed by atoms with E-state index in [1.54, 1.807) is 12.1 Å². The molecule has 3 rings (SSSR count). The topological polar surface area (TPSA) is 64.1 Å². The summed E-state index contributed by atoms with van der Waals surface area (Å²) in [5.74, 6) is 0.693. The van der Waals surface area contributed by atoms with E-state index < -0.39 is 0 Å². The molecule has 0 aliphatic heterocycles. The highest BCUT2D eigenvalue weighted by atomic mass is 16.5. The molecule has 5 nitrogen and oxygen atoms in total. The van der Waals surface area contributed by atoms with Gasteiger partial charge in [0.15, 0.2) is 0 Å². The van der Waals surface area contributed by atoms with E-state index in [9.17, 15) is 4.79 Å². The van der Waals surface area contributed by atoms with Gasteiger partial charge in [-0.05, 0) is 44.5 Å². The van der Waals surface area contributed by atoms with Crippen molar-refractivity contribution in [1.29, 1.82) is 0 Å². The van der Waals surface area contributed by atoms with Crippen LogP contribution in [0.1, 0.15) is 28.2 Å². The number of pyridine rings is 2. The molecule has 27 heavy (non-hydrogen) atoms. The summed E-state index contributed by atoms with van der Waals surface area (Å²) in [6, 6.07) is 18.9. The molecule has 0 aliphatic carbocycles. The van der Waals surface area contributed by atoms with Gasteiger partial charge in [-0.1, -0.05) is 24.3 Å². The third kappa shape index (κ3) is 5.38. The van der Waals surface area contributed by atoms with Gasteiger partial charge in [-0.3, -0.25) is 14.8 Å². The molecule has 0 bridgehead atoms. The minimum absolute atomic E-state index is 0.0665. The molecule has 0 saturated heterocycles. The van der Waals surface area contributed by atoms with Crippen molar-refractivity contribution in [3.8, 4) is 17.1 Å². The van der Waals surface area contributed by atoms with Crippen LogP contribution in [-0.2, 0) is 0 Å². The Labute approximate surface area is 159 Å². The number of aryl methyl sites for hydroxylation is 2. The molecule has 0 saturated carbocycles. The molecule has 138 valence electrons. The molecule has 0 aliphatic rings. The zero-order chi connectivity index (χ0) is 19.1. The molecule has 5 heteroatoms. The number of ether oxygens (including phenoxy) is 1. The lowest BCUT2D eigenvalue weighted by molar-refractivity contribution is 0.0951. The first-order valence-corrected chi connectivity index (χ1v) is 9.00. The molecular formula is C22H23N3O2. The second kappa shape index (κ2) is 8.94. The van der Waals surface area contributed by atoms with Crippen LogP contribution >= 0.6 is 0 Å². The summed E-state index contributed by atoms with van der Waals surface area (Å²) in [6.07, 6.45) is 0.720. The van der Waals surface area contributed by atoms with Gasteiger partial charge in [-0.2, -0.15) is 0 Å². The van der Waals surface area contributed by atoms with E-state index in [1.807, 2.05) is 62.4 Å². The number of amides is 1. The average Bonchev–Trinajstić information content (AvgIpc) is 2.68. The van der Waals surface area contributed by atoms with E-state index in [0.29, 0.717) is 18.7 Å². The monoisotopic (exact) mass is 361 g/mol. The van der Waals surface area contributed by atoms with Gasteiger partial charge < -0.3 is 10.1 Å². The number of nitrogens with one attached hydrogen (secondary N) is 1. The van der Waals surface area contributed by atoms with Crippen LogP contribution in [0.4, 0.5) is 0 Å². The first-order chi connectivity index (χ1) is 13.1. The zero-order valence-corrected chi connectivity index (χ0v) is 15.6. The predicted octanol–water partition coefficient (Wildman–Crippen LogP) is 3.96. The Morgan fingerprint density at radius 3 is 2.48 bits per heavy atom. The third-order valence-corrected chi connectivity index (χ3v) is 3.99. The molecule has 0 radical (unpaired) electrons. The summed E-state index contributed by atoms with van der Waals surface area (Å²) < 4.78 is 5.85. The van der Waals surface area contributed by atoms with E-state index >= 15 is 0 Å². The Bertz CT molecular complexity index is 910. The highest BCUT2D eigenvalue weighted by Gasteiger charge is 2.06. The maximum absolute atomic E-state index is 12.0. The van der Waals surface area contributed by atoms with E-state index in [1.165, 1.54) is 0 Å². The van der Waals surface area contributed by atoms with Crippen LogP contribution in [0, 0.1) is 13.8 Å². The highest BCUT2D eigenvalue weighted by Crippen LogP contribution is 2.22. The molecule has 0 spiro atoms. The van der Waals surface area contributed by atoms with Crippen molar-refractivity contribution in [1.82, 2.24) is 15.3 Å². The minimum Gasteiger partial charge on any atom is -0.493 e. The van der Waals surface area contributed by atoms with Crippen molar-refractivity contribution in [2.45, 2.75) is 20.3 Å².